The molecule has 1 aromatic carbocycles. The Hall–Kier alpha value is -2.21. The fraction of sp³-hybridized carbons (Fsp3) is 0.267. The molecule has 108 valence electrons. The molecule has 1 aromatic heterocycles. The molecule has 21 heavy (non-hydrogen) atoms. The molecule has 1 aliphatic heterocycles. The minimum atomic E-state index is -0.253. The Morgan fingerprint density at radius 2 is 2.14 bits per heavy atom. The molecule has 0 unspecified atom stereocenters. The molecule has 1 aliphatic rings. The van der Waals surface area contributed by atoms with Crippen molar-refractivity contribution in [2.24, 2.45) is 12.0 Å². The summed E-state index contributed by atoms with van der Waals surface area (Å²) < 4.78 is 1.81. The first-order valence-electron chi connectivity index (χ1n) is 6.66. The maximum Gasteiger partial charge on any atom is 0.279 e. The highest BCUT2D eigenvalue weighted by Crippen LogP contribution is 2.29. The highest BCUT2D eigenvalue weighted by molar-refractivity contribution is 7.07. The van der Waals surface area contributed by atoms with Crippen LogP contribution in [0.2, 0.25) is 0 Å². The molecule has 5 nitrogen and oxygen atoms in total. The zero-order valence-electron chi connectivity index (χ0n) is 11.9. The molecule has 0 aliphatic carbocycles. The predicted octanol–water partition coefficient (Wildman–Crippen LogP) is 1.74. The number of rotatable bonds is 1. The van der Waals surface area contributed by atoms with Crippen molar-refractivity contribution in [2.45, 2.75) is 13.3 Å². The molecule has 0 radical (unpaired) electrons. The van der Waals surface area contributed by atoms with Gasteiger partial charge in [-0.05, 0) is 30.2 Å². The molecule has 0 saturated heterocycles. The summed E-state index contributed by atoms with van der Waals surface area (Å²) in [5, 5.41) is 1.89. The lowest BCUT2D eigenvalue weighted by molar-refractivity contribution is -0.116. The lowest BCUT2D eigenvalue weighted by atomic mass is 10.1. The van der Waals surface area contributed by atoms with Crippen LogP contribution in [0.25, 0.3) is 0 Å². The second-order valence-corrected chi connectivity index (χ2v) is 5.85. The van der Waals surface area contributed by atoms with Gasteiger partial charge in [0.15, 0.2) is 4.80 Å². The summed E-state index contributed by atoms with van der Waals surface area (Å²) in [6.45, 7) is 2.24. The van der Waals surface area contributed by atoms with E-state index in [9.17, 15) is 9.59 Å². The van der Waals surface area contributed by atoms with Crippen molar-refractivity contribution in [3.8, 4) is 0 Å². The van der Waals surface area contributed by atoms with Crippen LogP contribution in [0, 0.1) is 0 Å². The first-order chi connectivity index (χ1) is 10.1. The topological polar surface area (TPSA) is 54.7 Å². The lowest BCUT2D eigenvalue weighted by Gasteiger charge is -2.14. The van der Waals surface area contributed by atoms with Gasteiger partial charge in [0.1, 0.15) is 0 Å². The van der Waals surface area contributed by atoms with Crippen LogP contribution in [0.15, 0.2) is 34.8 Å². The molecular weight excluding hydrogens is 286 g/mol. The van der Waals surface area contributed by atoms with Crippen LogP contribution in [0.4, 0.5) is 5.69 Å². The molecular formula is C15H15N3O2S. The summed E-state index contributed by atoms with van der Waals surface area (Å²) in [5.74, 6) is -0.222. The molecule has 0 spiro atoms. The van der Waals surface area contributed by atoms with Gasteiger partial charge in [0.05, 0.1) is 0 Å². The van der Waals surface area contributed by atoms with E-state index in [-0.39, 0.29) is 11.8 Å². The van der Waals surface area contributed by atoms with E-state index in [4.69, 9.17) is 0 Å². The summed E-state index contributed by atoms with van der Waals surface area (Å²) in [5.41, 5.74) is 2.50. The highest BCUT2D eigenvalue weighted by atomic mass is 32.1. The van der Waals surface area contributed by atoms with Crippen molar-refractivity contribution < 1.29 is 9.59 Å². The minimum absolute atomic E-state index is 0.0307. The average molecular weight is 301 g/mol. The van der Waals surface area contributed by atoms with Gasteiger partial charge in [-0.25, -0.2) is 0 Å². The molecule has 2 heterocycles. The third-order valence-corrected chi connectivity index (χ3v) is 4.41. The van der Waals surface area contributed by atoms with Gasteiger partial charge in [-0.1, -0.05) is 0 Å². The second-order valence-electron chi connectivity index (χ2n) is 4.98. The first kappa shape index (κ1) is 13.8. The number of amides is 2. The van der Waals surface area contributed by atoms with Crippen molar-refractivity contribution in [3.63, 3.8) is 0 Å². The van der Waals surface area contributed by atoms with Crippen LogP contribution >= 0.6 is 11.3 Å². The van der Waals surface area contributed by atoms with Crippen LogP contribution < -0.4 is 9.70 Å². The fourth-order valence-corrected chi connectivity index (χ4v) is 3.18. The van der Waals surface area contributed by atoms with E-state index in [0.717, 1.165) is 17.7 Å². The van der Waals surface area contributed by atoms with Crippen molar-refractivity contribution >= 4 is 28.8 Å². The number of benzene rings is 1. The van der Waals surface area contributed by atoms with E-state index in [1.165, 1.54) is 11.3 Å². The van der Waals surface area contributed by atoms with Gasteiger partial charge < -0.3 is 9.47 Å². The van der Waals surface area contributed by atoms with Gasteiger partial charge in [-0.15, -0.1) is 11.3 Å². The van der Waals surface area contributed by atoms with E-state index < -0.39 is 0 Å². The number of anilines is 1. The van der Waals surface area contributed by atoms with Gasteiger partial charge >= 0.3 is 0 Å². The lowest BCUT2D eigenvalue weighted by Crippen LogP contribution is -2.25. The maximum absolute atomic E-state index is 12.2. The Morgan fingerprint density at radius 1 is 1.33 bits per heavy atom. The number of carbonyl (C=O) groups is 2. The van der Waals surface area contributed by atoms with E-state index in [2.05, 4.69) is 4.99 Å². The summed E-state index contributed by atoms with van der Waals surface area (Å²) >= 11 is 1.42. The predicted molar refractivity (Wildman–Crippen MR) is 81.4 cm³/mol. The van der Waals surface area contributed by atoms with Gasteiger partial charge in [0.25, 0.3) is 5.91 Å². The number of aromatic nitrogens is 1. The fourth-order valence-electron chi connectivity index (χ4n) is 2.45. The van der Waals surface area contributed by atoms with E-state index >= 15 is 0 Å². The standard InChI is InChI=1S/C15H15N3O2S/c1-10(19)18-6-5-11-9-12(3-4-13(11)18)14(20)16-15-17(2)7-8-21-15/h3-4,7-9H,5-6H2,1-2H3. The number of hydrogen-bond acceptors (Lipinski definition) is 3. The van der Waals surface area contributed by atoms with Crippen molar-refractivity contribution in [1.82, 2.24) is 4.57 Å². The number of carbonyl (C=O) groups excluding carboxylic acids is 2. The zero-order valence-corrected chi connectivity index (χ0v) is 12.7. The Morgan fingerprint density at radius 3 is 2.81 bits per heavy atom. The third-order valence-electron chi connectivity index (χ3n) is 3.56. The molecule has 3 rings (SSSR count). The van der Waals surface area contributed by atoms with Gasteiger partial charge in [-0.3, -0.25) is 9.59 Å². The van der Waals surface area contributed by atoms with Crippen molar-refractivity contribution in [2.75, 3.05) is 11.4 Å². The van der Waals surface area contributed by atoms with E-state index in [0.29, 0.717) is 16.9 Å². The van der Waals surface area contributed by atoms with E-state index in [1.807, 2.05) is 35.3 Å². The minimum Gasteiger partial charge on any atom is -0.327 e. The Bertz CT molecular complexity index is 788. The largest absolute Gasteiger partial charge is 0.327 e. The van der Waals surface area contributed by atoms with Crippen molar-refractivity contribution in [3.05, 3.63) is 45.7 Å². The van der Waals surface area contributed by atoms with Gasteiger partial charge in [0.2, 0.25) is 5.91 Å². The van der Waals surface area contributed by atoms with Crippen molar-refractivity contribution in [1.29, 1.82) is 0 Å². The second kappa shape index (κ2) is 5.29. The van der Waals surface area contributed by atoms with Gasteiger partial charge in [0, 0.05) is 43.3 Å². The Balaban J connectivity index is 1.94. The highest BCUT2D eigenvalue weighted by Gasteiger charge is 2.22. The smallest absolute Gasteiger partial charge is 0.279 e. The summed E-state index contributed by atoms with van der Waals surface area (Å²) in [6, 6.07) is 5.41. The summed E-state index contributed by atoms with van der Waals surface area (Å²) in [7, 11) is 1.86. The number of aryl methyl sites for hydroxylation is 1. The number of hydrogen-bond donors (Lipinski definition) is 0. The third kappa shape index (κ3) is 2.54. The van der Waals surface area contributed by atoms with Crippen LogP contribution in [-0.2, 0) is 18.3 Å². The molecule has 0 bridgehead atoms. The normalized spacial score (nSPS) is 14.4. The van der Waals surface area contributed by atoms with Crippen LogP contribution in [0.3, 0.4) is 0 Å². The first-order valence-corrected chi connectivity index (χ1v) is 7.54. The number of fused-ring (bicyclic) bond motifs is 1. The molecule has 0 saturated carbocycles. The zero-order chi connectivity index (χ0) is 15.0. The van der Waals surface area contributed by atoms with E-state index in [1.54, 1.807) is 17.9 Å². The Labute approximate surface area is 126 Å². The SMILES string of the molecule is CC(=O)N1CCc2cc(C(=O)N=c3sccn3C)ccc21. The molecule has 0 atom stereocenters. The number of thiazole rings is 1. The quantitative estimate of drug-likeness (QED) is 0.805. The molecule has 6 heteroatoms. The van der Waals surface area contributed by atoms with Gasteiger partial charge in [-0.2, -0.15) is 4.99 Å². The number of nitrogens with zero attached hydrogens (tertiary/aromatic N) is 3. The van der Waals surface area contributed by atoms with Crippen LogP contribution in [0.1, 0.15) is 22.8 Å². The summed E-state index contributed by atoms with van der Waals surface area (Å²) in [6.07, 6.45) is 2.65. The maximum atomic E-state index is 12.2. The van der Waals surface area contributed by atoms with Crippen LogP contribution in [-0.4, -0.2) is 22.9 Å². The van der Waals surface area contributed by atoms with Crippen LogP contribution in [0.5, 0.6) is 0 Å². The Kier molecular flexibility index (Phi) is 3.47. The monoisotopic (exact) mass is 301 g/mol. The molecule has 0 fully saturated rings. The molecule has 2 amide bonds. The molecule has 2 aromatic rings. The summed E-state index contributed by atoms with van der Waals surface area (Å²) in [4.78, 5) is 30.3. The molecule has 0 N–H and O–H groups in total. The average Bonchev–Trinajstić information content (AvgIpc) is 3.04.